The molecular formula is C13H17N3O3. The first kappa shape index (κ1) is 12.3. The van der Waals surface area contributed by atoms with Gasteiger partial charge in [0.05, 0.1) is 12.3 Å². The van der Waals surface area contributed by atoms with Crippen molar-refractivity contribution in [3.63, 3.8) is 0 Å². The van der Waals surface area contributed by atoms with Gasteiger partial charge >= 0.3 is 0 Å². The molecule has 3 rings (SSSR count). The first-order chi connectivity index (χ1) is 9.24. The maximum absolute atomic E-state index is 5.33. The summed E-state index contributed by atoms with van der Waals surface area (Å²) in [7, 11) is 0. The number of hydrogen-bond acceptors (Lipinski definition) is 6. The Bertz CT molecular complexity index is 536. The molecule has 1 atom stereocenters. The van der Waals surface area contributed by atoms with Crippen molar-refractivity contribution < 1.29 is 13.8 Å². The van der Waals surface area contributed by atoms with Crippen LogP contribution in [0.25, 0.3) is 0 Å². The van der Waals surface area contributed by atoms with Gasteiger partial charge in [-0.2, -0.15) is 4.98 Å². The Hall–Kier alpha value is -1.69. The molecule has 1 aliphatic heterocycles. The maximum Gasteiger partial charge on any atom is 0.226 e. The van der Waals surface area contributed by atoms with E-state index < -0.39 is 0 Å². The molecule has 0 unspecified atom stereocenters. The summed E-state index contributed by atoms with van der Waals surface area (Å²) in [5, 5.41) is 7.98. The molecule has 0 N–H and O–H groups in total. The highest BCUT2D eigenvalue weighted by atomic mass is 16.5. The van der Waals surface area contributed by atoms with Crippen LogP contribution < -0.4 is 0 Å². The van der Waals surface area contributed by atoms with Crippen molar-refractivity contribution >= 4 is 0 Å². The van der Waals surface area contributed by atoms with Gasteiger partial charge in [0, 0.05) is 24.5 Å². The topological polar surface area (TPSA) is 74.2 Å². The lowest BCUT2D eigenvalue weighted by Crippen LogP contribution is -2.00. The maximum atomic E-state index is 5.33. The highest BCUT2D eigenvalue weighted by Gasteiger charge is 2.23. The van der Waals surface area contributed by atoms with Gasteiger partial charge in [-0.1, -0.05) is 10.3 Å². The number of hydrogen-bond donors (Lipinski definition) is 0. The van der Waals surface area contributed by atoms with Crippen LogP contribution >= 0.6 is 0 Å². The molecule has 6 nitrogen and oxygen atoms in total. The van der Waals surface area contributed by atoms with Crippen molar-refractivity contribution in [3.8, 4) is 0 Å². The van der Waals surface area contributed by atoms with Gasteiger partial charge in [-0.3, -0.25) is 0 Å². The van der Waals surface area contributed by atoms with Crippen molar-refractivity contribution in [3.05, 3.63) is 28.7 Å². The molecule has 19 heavy (non-hydrogen) atoms. The lowest BCUT2D eigenvalue weighted by atomic mass is 10.1. The van der Waals surface area contributed by atoms with E-state index >= 15 is 0 Å². The Labute approximate surface area is 111 Å². The SMILES string of the molecule is Cc1noc(C)c1CCc1nc([C@H]2CCOC2)no1. The van der Waals surface area contributed by atoms with Crippen LogP contribution in [-0.4, -0.2) is 28.5 Å². The second-order valence-electron chi connectivity index (χ2n) is 4.91. The molecule has 0 aliphatic carbocycles. The van der Waals surface area contributed by atoms with Crippen molar-refractivity contribution in [2.45, 2.75) is 39.0 Å². The van der Waals surface area contributed by atoms with E-state index in [1.165, 1.54) is 0 Å². The minimum Gasteiger partial charge on any atom is -0.381 e. The van der Waals surface area contributed by atoms with Crippen LogP contribution in [0.2, 0.25) is 0 Å². The highest BCUT2D eigenvalue weighted by molar-refractivity contribution is 5.21. The molecule has 1 saturated heterocycles. The zero-order valence-corrected chi connectivity index (χ0v) is 11.2. The Morgan fingerprint density at radius 2 is 2.05 bits per heavy atom. The van der Waals surface area contributed by atoms with Crippen molar-refractivity contribution in [1.29, 1.82) is 0 Å². The normalized spacial score (nSPS) is 19.2. The number of aryl methyl sites for hydroxylation is 3. The molecule has 0 amide bonds. The molecule has 0 bridgehead atoms. The molecule has 2 aromatic heterocycles. The second kappa shape index (κ2) is 5.13. The molecule has 0 spiro atoms. The highest BCUT2D eigenvalue weighted by Crippen LogP contribution is 2.23. The van der Waals surface area contributed by atoms with E-state index in [9.17, 15) is 0 Å². The third-order valence-corrected chi connectivity index (χ3v) is 3.55. The van der Waals surface area contributed by atoms with Crippen LogP contribution in [0.1, 0.15) is 41.1 Å². The minimum absolute atomic E-state index is 0.288. The summed E-state index contributed by atoms with van der Waals surface area (Å²) >= 11 is 0. The number of ether oxygens (including phenoxy) is 1. The fourth-order valence-corrected chi connectivity index (χ4v) is 2.36. The van der Waals surface area contributed by atoms with E-state index in [4.69, 9.17) is 13.8 Å². The first-order valence-corrected chi connectivity index (χ1v) is 6.56. The average molecular weight is 263 g/mol. The van der Waals surface area contributed by atoms with E-state index in [0.717, 1.165) is 42.3 Å². The largest absolute Gasteiger partial charge is 0.381 e. The predicted molar refractivity (Wildman–Crippen MR) is 65.9 cm³/mol. The summed E-state index contributed by atoms with van der Waals surface area (Å²) in [4.78, 5) is 4.44. The van der Waals surface area contributed by atoms with Gasteiger partial charge in [0.2, 0.25) is 5.89 Å². The molecule has 3 heterocycles. The molecule has 0 saturated carbocycles. The molecular weight excluding hydrogens is 246 g/mol. The Morgan fingerprint density at radius 1 is 1.16 bits per heavy atom. The van der Waals surface area contributed by atoms with E-state index in [-0.39, 0.29) is 5.92 Å². The number of aromatic nitrogens is 3. The second-order valence-corrected chi connectivity index (χ2v) is 4.91. The van der Waals surface area contributed by atoms with Crippen LogP contribution in [0.15, 0.2) is 9.05 Å². The van der Waals surface area contributed by atoms with Crippen LogP contribution in [0.4, 0.5) is 0 Å². The Balaban J connectivity index is 1.64. The third kappa shape index (κ3) is 2.53. The lowest BCUT2D eigenvalue weighted by Gasteiger charge is -1.98. The average Bonchev–Trinajstić information content (AvgIpc) is 3.10. The standard InChI is InChI=1S/C13H17N3O3/c1-8-11(9(2)18-15-8)3-4-12-14-13(16-19-12)10-5-6-17-7-10/h10H,3-7H2,1-2H3/t10-/m0/s1. The molecule has 102 valence electrons. The first-order valence-electron chi connectivity index (χ1n) is 6.56. The smallest absolute Gasteiger partial charge is 0.226 e. The summed E-state index contributed by atoms with van der Waals surface area (Å²) < 4.78 is 15.8. The quantitative estimate of drug-likeness (QED) is 0.839. The zero-order chi connectivity index (χ0) is 13.2. The van der Waals surface area contributed by atoms with E-state index in [2.05, 4.69) is 15.3 Å². The fraction of sp³-hybridized carbons (Fsp3) is 0.615. The lowest BCUT2D eigenvalue weighted by molar-refractivity contribution is 0.192. The van der Waals surface area contributed by atoms with Gasteiger partial charge in [0.25, 0.3) is 0 Å². The zero-order valence-electron chi connectivity index (χ0n) is 11.2. The van der Waals surface area contributed by atoms with Gasteiger partial charge in [-0.05, 0) is 26.7 Å². The van der Waals surface area contributed by atoms with Crippen LogP contribution in [0.3, 0.4) is 0 Å². The molecule has 1 aliphatic rings. The van der Waals surface area contributed by atoms with Crippen molar-refractivity contribution in [2.24, 2.45) is 0 Å². The van der Waals surface area contributed by atoms with Gasteiger partial charge in [0.15, 0.2) is 5.82 Å². The summed E-state index contributed by atoms with van der Waals surface area (Å²) in [6.07, 6.45) is 2.50. The van der Waals surface area contributed by atoms with Crippen LogP contribution in [-0.2, 0) is 17.6 Å². The number of rotatable bonds is 4. The molecule has 0 radical (unpaired) electrons. The summed E-state index contributed by atoms with van der Waals surface area (Å²) in [6, 6.07) is 0. The monoisotopic (exact) mass is 263 g/mol. The van der Waals surface area contributed by atoms with Crippen LogP contribution in [0, 0.1) is 13.8 Å². The van der Waals surface area contributed by atoms with E-state index in [1.807, 2.05) is 13.8 Å². The Kier molecular flexibility index (Phi) is 3.33. The minimum atomic E-state index is 0.288. The van der Waals surface area contributed by atoms with Gasteiger partial charge < -0.3 is 13.8 Å². The van der Waals surface area contributed by atoms with Gasteiger partial charge in [-0.15, -0.1) is 0 Å². The van der Waals surface area contributed by atoms with Crippen molar-refractivity contribution in [1.82, 2.24) is 15.3 Å². The third-order valence-electron chi connectivity index (χ3n) is 3.55. The van der Waals surface area contributed by atoms with Gasteiger partial charge in [0.1, 0.15) is 5.76 Å². The predicted octanol–water partition coefficient (Wildman–Crippen LogP) is 1.96. The van der Waals surface area contributed by atoms with E-state index in [1.54, 1.807) is 0 Å². The molecule has 2 aromatic rings. The van der Waals surface area contributed by atoms with Gasteiger partial charge in [-0.25, -0.2) is 0 Å². The van der Waals surface area contributed by atoms with Crippen molar-refractivity contribution in [2.75, 3.05) is 13.2 Å². The molecule has 6 heteroatoms. The van der Waals surface area contributed by atoms with Crippen LogP contribution in [0.5, 0.6) is 0 Å². The van der Waals surface area contributed by atoms with E-state index in [0.29, 0.717) is 18.9 Å². The molecule has 0 aromatic carbocycles. The number of nitrogens with zero attached hydrogens (tertiary/aromatic N) is 3. The fourth-order valence-electron chi connectivity index (χ4n) is 2.36. The summed E-state index contributed by atoms with van der Waals surface area (Å²) in [5.41, 5.74) is 2.06. The Morgan fingerprint density at radius 3 is 2.74 bits per heavy atom. The summed E-state index contributed by atoms with van der Waals surface area (Å²) in [6.45, 7) is 5.35. The summed E-state index contributed by atoms with van der Waals surface area (Å²) in [5.74, 6) is 2.59. The molecule has 1 fully saturated rings.